The summed E-state index contributed by atoms with van der Waals surface area (Å²) in [7, 11) is 0. The second-order valence-electron chi connectivity index (χ2n) is 3.52. The average molecular weight is 257 g/mol. The molecule has 2 rings (SSSR count). The van der Waals surface area contributed by atoms with Crippen LogP contribution in [0.4, 0.5) is 0 Å². The van der Waals surface area contributed by atoms with Crippen LogP contribution in [0.3, 0.4) is 0 Å². The Labute approximate surface area is 107 Å². The number of imidazole rings is 1. The van der Waals surface area contributed by atoms with Crippen LogP contribution in [-0.4, -0.2) is 9.55 Å². The predicted octanol–water partition coefficient (Wildman–Crippen LogP) is 3.40. The van der Waals surface area contributed by atoms with Gasteiger partial charge in [-0.2, -0.15) is 0 Å². The molecule has 16 heavy (non-hydrogen) atoms. The molecule has 4 heteroatoms. The molecule has 0 aliphatic rings. The number of alkyl halides is 1. The van der Waals surface area contributed by atoms with Gasteiger partial charge in [0.2, 0.25) is 0 Å². The summed E-state index contributed by atoms with van der Waals surface area (Å²) < 4.78 is 2.12. The van der Waals surface area contributed by atoms with Crippen molar-refractivity contribution in [3.05, 3.63) is 53.6 Å². The lowest BCUT2D eigenvalue weighted by Gasteiger charge is -2.05. The van der Waals surface area contributed by atoms with E-state index in [9.17, 15) is 0 Å². The molecule has 0 unspecified atom stereocenters. The van der Waals surface area contributed by atoms with E-state index in [2.05, 4.69) is 21.7 Å². The molecule has 0 amide bonds. The highest BCUT2D eigenvalue weighted by molar-refractivity contribution is 6.16. The maximum absolute atomic E-state index is 5.77. The molecule has 0 fully saturated rings. The van der Waals surface area contributed by atoms with Gasteiger partial charge in [0, 0.05) is 12.2 Å². The highest BCUT2D eigenvalue weighted by Crippen LogP contribution is 2.11. The summed E-state index contributed by atoms with van der Waals surface area (Å²) in [6, 6.07) is 10.3. The normalized spacial score (nSPS) is 9.88. The van der Waals surface area contributed by atoms with E-state index in [1.165, 1.54) is 5.56 Å². The molecule has 0 N–H and O–H groups in total. The number of aromatic nitrogens is 2. The molecule has 1 aromatic carbocycles. The fraction of sp³-hybridized carbons (Fsp3) is 0.250. The Morgan fingerprint density at radius 2 is 1.94 bits per heavy atom. The largest absolute Gasteiger partial charge is 0.330 e. The molecule has 0 aliphatic heterocycles. The van der Waals surface area contributed by atoms with Gasteiger partial charge in [-0.15, -0.1) is 24.0 Å². The van der Waals surface area contributed by atoms with Gasteiger partial charge < -0.3 is 4.57 Å². The summed E-state index contributed by atoms with van der Waals surface area (Å²) in [6.45, 7) is 2.91. The Bertz CT molecular complexity index is 438. The Hall–Kier alpha value is -0.990. The second-order valence-corrected chi connectivity index (χ2v) is 3.79. The number of nitrogens with zero attached hydrogens (tertiary/aromatic N) is 2. The second kappa shape index (κ2) is 5.92. The van der Waals surface area contributed by atoms with E-state index in [0.717, 1.165) is 17.9 Å². The van der Waals surface area contributed by atoms with Gasteiger partial charge in [-0.25, -0.2) is 4.98 Å². The molecule has 86 valence electrons. The van der Waals surface area contributed by atoms with Crippen LogP contribution >= 0.6 is 24.0 Å². The summed E-state index contributed by atoms with van der Waals surface area (Å²) in [4.78, 5) is 4.26. The first-order valence-electron chi connectivity index (χ1n) is 4.91. The van der Waals surface area contributed by atoms with Crippen LogP contribution in [0.5, 0.6) is 0 Å². The Morgan fingerprint density at radius 1 is 1.25 bits per heavy atom. The fourth-order valence-corrected chi connectivity index (χ4v) is 1.82. The zero-order chi connectivity index (χ0) is 10.7. The molecule has 0 atom stereocenters. The monoisotopic (exact) mass is 256 g/mol. The summed E-state index contributed by atoms with van der Waals surface area (Å²) in [6.07, 6.45) is 1.85. The lowest BCUT2D eigenvalue weighted by atomic mass is 10.2. The van der Waals surface area contributed by atoms with Crippen LogP contribution in [0.15, 0.2) is 36.7 Å². The number of halogens is 2. The van der Waals surface area contributed by atoms with Crippen LogP contribution in [0.25, 0.3) is 0 Å². The Kier molecular flexibility index (Phi) is 4.84. The topological polar surface area (TPSA) is 17.8 Å². The van der Waals surface area contributed by atoms with Gasteiger partial charge in [0.15, 0.2) is 0 Å². The maximum atomic E-state index is 5.77. The minimum absolute atomic E-state index is 0. The van der Waals surface area contributed by atoms with E-state index < -0.39 is 0 Å². The molecule has 1 aromatic heterocycles. The third-order valence-corrected chi connectivity index (χ3v) is 2.78. The standard InChI is InChI=1S/C12H13ClN2.ClH/c1-10-12(7-13)14-9-15(10)8-11-5-3-2-4-6-11;/h2-6,9H,7-8H2,1H3;1H. The van der Waals surface area contributed by atoms with Gasteiger partial charge in [-0.1, -0.05) is 30.3 Å². The molecule has 0 radical (unpaired) electrons. The lowest BCUT2D eigenvalue weighted by Crippen LogP contribution is -2.00. The van der Waals surface area contributed by atoms with Crippen molar-refractivity contribution in [2.75, 3.05) is 0 Å². The molecule has 0 saturated heterocycles. The van der Waals surface area contributed by atoms with E-state index in [-0.39, 0.29) is 12.4 Å². The van der Waals surface area contributed by atoms with Gasteiger partial charge in [-0.05, 0) is 12.5 Å². The van der Waals surface area contributed by atoms with E-state index in [4.69, 9.17) is 11.6 Å². The zero-order valence-corrected chi connectivity index (χ0v) is 10.6. The highest BCUT2D eigenvalue weighted by atomic mass is 35.5. The van der Waals surface area contributed by atoms with Gasteiger partial charge in [0.25, 0.3) is 0 Å². The maximum Gasteiger partial charge on any atom is 0.0955 e. The third-order valence-electron chi connectivity index (χ3n) is 2.52. The number of rotatable bonds is 3. The first kappa shape index (κ1) is 13.1. The van der Waals surface area contributed by atoms with Crippen molar-refractivity contribution in [2.24, 2.45) is 0 Å². The van der Waals surface area contributed by atoms with E-state index >= 15 is 0 Å². The van der Waals surface area contributed by atoms with Crippen molar-refractivity contribution in [2.45, 2.75) is 19.3 Å². The summed E-state index contributed by atoms with van der Waals surface area (Å²) in [5.74, 6) is 0.480. The van der Waals surface area contributed by atoms with Gasteiger partial charge in [0.1, 0.15) is 0 Å². The first-order valence-corrected chi connectivity index (χ1v) is 5.45. The van der Waals surface area contributed by atoms with Crippen molar-refractivity contribution >= 4 is 24.0 Å². The zero-order valence-electron chi connectivity index (χ0n) is 9.06. The van der Waals surface area contributed by atoms with Gasteiger partial charge in [0.05, 0.1) is 17.9 Å². The summed E-state index contributed by atoms with van der Waals surface area (Å²) in [5, 5.41) is 0. The highest BCUT2D eigenvalue weighted by Gasteiger charge is 2.04. The molecule has 0 bridgehead atoms. The van der Waals surface area contributed by atoms with Gasteiger partial charge >= 0.3 is 0 Å². The third kappa shape index (κ3) is 2.77. The van der Waals surface area contributed by atoms with Crippen molar-refractivity contribution in [3.63, 3.8) is 0 Å². The van der Waals surface area contributed by atoms with Crippen LogP contribution in [-0.2, 0) is 12.4 Å². The molecule has 0 spiro atoms. The number of benzene rings is 1. The quantitative estimate of drug-likeness (QED) is 0.770. The number of hydrogen-bond donors (Lipinski definition) is 0. The van der Waals surface area contributed by atoms with Crippen molar-refractivity contribution in [1.29, 1.82) is 0 Å². The van der Waals surface area contributed by atoms with Gasteiger partial charge in [-0.3, -0.25) is 0 Å². The lowest BCUT2D eigenvalue weighted by molar-refractivity contribution is 0.768. The molecule has 2 aromatic rings. The smallest absolute Gasteiger partial charge is 0.0955 e. The fourth-order valence-electron chi connectivity index (χ4n) is 1.56. The molecule has 0 aliphatic carbocycles. The van der Waals surface area contributed by atoms with Crippen LogP contribution in [0.2, 0.25) is 0 Å². The molecule has 2 nitrogen and oxygen atoms in total. The van der Waals surface area contributed by atoms with E-state index in [0.29, 0.717) is 5.88 Å². The first-order chi connectivity index (χ1) is 7.31. The van der Waals surface area contributed by atoms with Crippen LogP contribution in [0.1, 0.15) is 17.0 Å². The average Bonchev–Trinajstić information content (AvgIpc) is 2.62. The predicted molar refractivity (Wildman–Crippen MR) is 69.3 cm³/mol. The number of hydrogen-bond acceptors (Lipinski definition) is 1. The van der Waals surface area contributed by atoms with Crippen molar-refractivity contribution < 1.29 is 0 Å². The minimum atomic E-state index is 0. The molecular weight excluding hydrogens is 243 g/mol. The van der Waals surface area contributed by atoms with E-state index in [1.54, 1.807) is 0 Å². The van der Waals surface area contributed by atoms with Crippen molar-refractivity contribution in [3.8, 4) is 0 Å². The summed E-state index contributed by atoms with van der Waals surface area (Å²) in [5.41, 5.74) is 3.39. The van der Waals surface area contributed by atoms with Crippen LogP contribution in [0, 0.1) is 6.92 Å². The van der Waals surface area contributed by atoms with Crippen molar-refractivity contribution in [1.82, 2.24) is 9.55 Å². The Morgan fingerprint density at radius 3 is 2.50 bits per heavy atom. The Balaban J connectivity index is 0.00000128. The molecular formula is C12H14Cl2N2. The SMILES string of the molecule is Cc1c(CCl)ncn1Cc1ccccc1.Cl. The van der Waals surface area contributed by atoms with E-state index in [1.807, 2.05) is 31.5 Å². The van der Waals surface area contributed by atoms with Crippen LogP contribution < -0.4 is 0 Å². The molecule has 0 saturated carbocycles. The summed E-state index contributed by atoms with van der Waals surface area (Å²) >= 11 is 5.77. The minimum Gasteiger partial charge on any atom is -0.330 e. The molecule has 1 heterocycles.